The largest absolute Gasteiger partial charge is 0.468 e. The molecule has 0 bridgehead atoms. The van der Waals surface area contributed by atoms with Crippen molar-refractivity contribution in [3.63, 3.8) is 0 Å². The second-order valence-corrected chi connectivity index (χ2v) is 6.41. The van der Waals surface area contributed by atoms with E-state index in [0.717, 1.165) is 35.5 Å². The molecule has 0 atom stereocenters. The molecule has 132 valence electrons. The van der Waals surface area contributed by atoms with Crippen LogP contribution in [0.25, 0.3) is 22.4 Å². The second-order valence-electron chi connectivity index (χ2n) is 6.41. The van der Waals surface area contributed by atoms with E-state index in [4.69, 9.17) is 9.26 Å². The highest BCUT2D eigenvalue weighted by Crippen LogP contribution is 2.31. The van der Waals surface area contributed by atoms with Crippen LogP contribution in [0.3, 0.4) is 0 Å². The number of carbonyl (C=O) groups is 1. The number of carbonyl (C=O) groups excluding carboxylic acids is 1. The maximum Gasteiger partial charge on any atom is 0.319 e. The van der Waals surface area contributed by atoms with E-state index in [9.17, 15) is 4.79 Å². The number of nitrogens with zero attached hydrogens (tertiary/aromatic N) is 2. The van der Waals surface area contributed by atoms with Crippen LogP contribution in [-0.2, 0) is 22.5 Å². The highest BCUT2D eigenvalue weighted by molar-refractivity contribution is 5.72. The van der Waals surface area contributed by atoms with Crippen molar-refractivity contribution in [1.82, 2.24) is 10.1 Å². The van der Waals surface area contributed by atoms with Crippen LogP contribution in [0.4, 0.5) is 0 Å². The first kappa shape index (κ1) is 16.5. The Bertz CT molecular complexity index is 901. The second kappa shape index (κ2) is 7.14. The number of hydrogen-bond acceptors (Lipinski definition) is 5. The van der Waals surface area contributed by atoms with Crippen LogP contribution in [0.5, 0.6) is 0 Å². The van der Waals surface area contributed by atoms with Gasteiger partial charge in [-0.1, -0.05) is 59.8 Å². The van der Waals surface area contributed by atoms with Crippen molar-refractivity contribution < 1.29 is 14.1 Å². The molecule has 5 nitrogen and oxygen atoms in total. The van der Waals surface area contributed by atoms with E-state index in [1.807, 2.05) is 18.2 Å². The van der Waals surface area contributed by atoms with Crippen molar-refractivity contribution in [1.29, 1.82) is 0 Å². The molecule has 1 aliphatic rings. The summed E-state index contributed by atoms with van der Waals surface area (Å²) in [5, 5.41) is 4.29. The molecule has 5 heteroatoms. The minimum absolute atomic E-state index is 0.223. The molecule has 26 heavy (non-hydrogen) atoms. The lowest BCUT2D eigenvalue weighted by Gasteiger charge is -2.24. The number of ether oxygens (including phenoxy) is 1. The minimum atomic E-state index is -0.223. The molecule has 2 aromatic carbocycles. The van der Waals surface area contributed by atoms with Crippen LogP contribution in [0.2, 0.25) is 0 Å². The molecule has 0 amide bonds. The minimum Gasteiger partial charge on any atom is -0.468 e. The Morgan fingerprint density at radius 3 is 2.50 bits per heavy atom. The van der Waals surface area contributed by atoms with E-state index in [1.54, 1.807) is 0 Å². The SMILES string of the molecule is COC(=O)CN1CCc2onc(-c3ccc(-c4ccccc4)cc3)c2C1. The molecular weight excluding hydrogens is 328 g/mol. The molecule has 0 saturated carbocycles. The highest BCUT2D eigenvalue weighted by atomic mass is 16.5. The lowest BCUT2D eigenvalue weighted by Crippen LogP contribution is -2.35. The molecule has 0 unspecified atom stereocenters. The van der Waals surface area contributed by atoms with Gasteiger partial charge in [0.25, 0.3) is 0 Å². The predicted molar refractivity (Wildman–Crippen MR) is 98.4 cm³/mol. The van der Waals surface area contributed by atoms with Gasteiger partial charge in [-0.05, 0) is 11.1 Å². The van der Waals surface area contributed by atoms with Gasteiger partial charge in [0, 0.05) is 30.6 Å². The van der Waals surface area contributed by atoms with E-state index in [-0.39, 0.29) is 12.5 Å². The van der Waals surface area contributed by atoms with Gasteiger partial charge in [0.2, 0.25) is 0 Å². The highest BCUT2D eigenvalue weighted by Gasteiger charge is 2.26. The number of benzene rings is 2. The zero-order valence-electron chi connectivity index (χ0n) is 14.6. The topological polar surface area (TPSA) is 55.6 Å². The van der Waals surface area contributed by atoms with Crippen molar-refractivity contribution in [2.45, 2.75) is 13.0 Å². The predicted octanol–water partition coefficient (Wildman–Crippen LogP) is 3.54. The lowest BCUT2D eigenvalue weighted by atomic mass is 9.99. The monoisotopic (exact) mass is 348 g/mol. The van der Waals surface area contributed by atoms with Crippen LogP contribution in [0.1, 0.15) is 11.3 Å². The summed E-state index contributed by atoms with van der Waals surface area (Å²) in [5.74, 6) is 0.687. The Kier molecular flexibility index (Phi) is 4.54. The molecule has 0 spiro atoms. The average molecular weight is 348 g/mol. The van der Waals surface area contributed by atoms with E-state index in [0.29, 0.717) is 6.54 Å². The van der Waals surface area contributed by atoms with E-state index < -0.39 is 0 Å². The third kappa shape index (κ3) is 3.26. The summed E-state index contributed by atoms with van der Waals surface area (Å²) < 4.78 is 10.3. The summed E-state index contributed by atoms with van der Waals surface area (Å²) in [6.45, 7) is 1.70. The van der Waals surface area contributed by atoms with E-state index >= 15 is 0 Å². The Labute approximate surface area is 152 Å². The summed E-state index contributed by atoms with van der Waals surface area (Å²) in [4.78, 5) is 13.6. The first-order valence-corrected chi connectivity index (χ1v) is 8.67. The van der Waals surface area contributed by atoms with Crippen LogP contribution < -0.4 is 0 Å². The average Bonchev–Trinajstić information content (AvgIpc) is 3.12. The Balaban J connectivity index is 1.58. The Hall–Kier alpha value is -2.92. The molecule has 0 radical (unpaired) electrons. The maximum atomic E-state index is 11.6. The fraction of sp³-hybridized carbons (Fsp3) is 0.238. The summed E-state index contributed by atoms with van der Waals surface area (Å²) in [5.41, 5.74) is 5.29. The first-order valence-electron chi connectivity index (χ1n) is 8.67. The van der Waals surface area contributed by atoms with Crippen LogP contribution in [0.15, 0.2) is 59.1 Å². The lowest BCUT2D eigenvalue weighted by molar-refractivity contribution is -0.142. The van der Waals surface area contributed by atoms with Crippen molar-refractivity contribution in [3.8, 4) is 22.4 Å². The van der Waals surface area contributed by atoms with Gasteiger partial charge in [0.15, 0.2) is 0 Å². The first-order chi connectivity index (χ1) is 12.7. The van der Waals surface area contributed by atoms with Gasteiger partial charge >= 0.3 is 5.97 Å². The summed E-state index contributed by atoms with van der Waals surface area (Å²) >= 11 is 0. The molecule has 4 rings (SSSR count). The van der Waals surface area contributed by atoms with Crippen molar-refractivity contribution in [2.24, 2.45) is 0 Å². The van der Waals surface area contributed by atoms with Crippen LogP contribution >= 0.6 is 0 Å². The van der Waals surface area contributed by atoms with Gasteiger partial charge in [-0.3, -0.25) is 9.69 Å². The fourth-order valence-corrected chi connectivity index (χ4v) is 3.33. The Morgan fingerprint density at radius 1 is 1.08 bits per heavy atom. The van der Waals surface area contributed by atoms with Crippen molar-refractivity contribution in [2.75, 3.05) is 20.2 Å². The van der Waals surface area contributed by atoms with Gasteiger partial charge in [-0.2, -0.15) is 0 Å². The third-order valence-electron chi connectivity index (χ3n) is 4.75. The van der Waals surface area contributed by atoms with E-state index in [1.165, 1.54) is 18.2 Å². The molecule has 1 aliphatic heterocycles. The zero-order chi connectivity index (χ0) is 17.9. The molecule has 0 saturated heterocycles. The van der Waals surface area contributed by atoms with Crippen LogP contribution in [0, 0.1) is 0 Å². The fourth-order valence-electron chi connectivity index (χ4n) is 3.33. The van der Waals surface area contributed by atoms with Gasteiger partial charge in [0.05, 0.1) is 13.7 Å². The Morgan fingerprint density at radius 2 is 1.77 bits per heavy atom. The van der Waals surface area contributed by atoms with Gasteiger partial charge in [0.1, 0.15) is 11.5 Å². The number of aromatic nitrogens is 1. The number of methoxy groups -OCH3 is 1. The quantitative estimate of drug-likeness (QED) is 0.675. The summed E-state index contributed by atoms with van der Waals surface area (Å²) in [6, 6.07) is 18.6. The van der Waals surface area contributed by atoms with Gasteiger partial charge in [-0.25, -0.2) is 0 Å². The molecule has 0 N–H and O–H groups in total. The number of hydrogen-bond donors (Lipinski definition) is 0. The maximum absolute atomic E-state index is 11.6. The van der Waals surface area contributed by atoms with Crippen molar-refractivity contribution in [3.05, 3.63) is 65.9 Å². The molecule has 0 fully saturated rings. The standard InChI is InChI=1S/C21H20N2O3/c1-25-20(24)14-23-12-11-19-18(13-23)21(22-26-19)17-9-7-16(8-10-17)15-5-3-2-4-6-15/h2-10H,11-14H2,1H3. The molecular formula is C21H20N2O3. The van der Waals surface area contributed by atoms with Crippen LogP contribution in [-0.4, -0.2) is 36.2 Å². The number of rotatable bonds is 4. The molecule has 3 aromatic rings. The smallest absolute Gasteiger partial charge is 0.319 e. The third-order valence-corrected chi connectivity index (χ3v) is 4.75. The van der Waals surface area contributed by atoms with Crippen molar-refractivity contribution >= 4 is 5.97 Å². The van der Waals surface area contributed by atoms with Gasteiger partial charge < -0.3 is 9.26 Å². The number of esters is 1. The van der Waals surface area contributed by atoms with E-state index in [2.05, 4.69) is 46.5 Å². The van der Waals surface area contributed by atoms with Gasteiger partial charge in [-0.15, -0.1) is 0 Å². The normalized spacial score (nSPS) is 14.0. The summed E-state index contributed by atoms with van der Waals surface area (Å²) in [7, 11) is 1.41. The molecule has 1 aromatic heterocycles. The molecule has 0 aliphatic carbocycles. The molecule has 2 heterocycles. The summed E-state index contributed by atoms with van der Waals surface area (Å²) in [6.07, 6.45) is 0.751. The zero-order valence-corrected chi connectivity index (χ0v) is 14.6. The number of fused-ring (bicyclic) bond motifs is 1.